The summed E-state index contributed by atoms with van der Waals surface area (Å²) in [7, 11) is 0. The third-order valence-electron chi connectivity index (χ3n) is 3.76. The molecule has 1 aromatic rings. The molecule has 118 valence electrons. The lowest BCUT2D eigenvalue weighted by molar-refractivity contribution is -0.137. The normalized spacial score (nSPS) is 24.2. The van der Waals surface area contributed by atoms with E-state index in [2.05, 4.69) is 5.32 Å². The number of alkyl halides is 3. The van der Waals surface area contributed by atoms with Gasteiger partial charge in [0.05, 0.1) is 17.3 Å². The Labute approximate surface area is 122 Å². The summed E-state index contributed by atoms with van der Waals surface area (Å²) in [6, 6.07) is 4.59. The Bertz CT molecular complexity index is 453. The van der Waals surface area contributed by atoms with Crippen LogP contribution < -0.4 is 5.32 Å². The highest BCUT2D eigenvalue weighted by Crippen LogP contribution is 2.30. The molecule has 0 amide bonds. The van der Waals surface area contributed by atoms with Crippen LogP contribution in [0.5, 0.6) is 0 Å². The molecule has 2 rings (SSSR count). The average Bonchev–Trinajstić information content (AvgIpc) is 2.85. The first-order valence-corrected chi connectivity index (χ1v) is 7.00. The van der Waals surface area contributed by atoms with Gasteiger partial charge in [0, 0.05) is 19.7 Å². The number of aliphatic hydroxyl groups excluding tert-OH is 1. The van der Waals surface area contributed by atoms with Gasteiger partial charge in [-0.3, -0.25) is 0 Å². The fourth-order valence-corrected chi connectivity index (χ4v) is 2.46. The van der Waals surface area contributed by atoms with Gasteiger partial charge in [-0.2, -0.15) is 13.2 Å². The van der Waals surface area contributed by atoms with Crippen molar-refractivity contribution in [2.45, 2.75) is 37.6 Å². The molecule has 1 aromatic carbocycles. The number of rotatable bonds is 5. The summed E-state index contributed by atoms with van der Waals surface area (Å²) < 4.78 is 43.0. The summed E-state index contributed by atoms with van der Waals surface area (Å²) in [5.41, 5.74) is -0.453. The van der Waals surface area contributed by atoms with Gasteiger partial charge < -0.3 is 15.2 Å². The van der Waals surface area contributed by atoms with Gasteiger partial charge in [0.25, 0.3) is 0 Å². The van der Waals surface area contributed by atoms with Crippen molar-refractivity contribution in [1.29, 1.82) is 0 Å². The van der Waals surface area contributed by atoms with Crippen LogP contribution in [0.25, 0.3) is 0 Å². The van der Waals surface area contributed by atoms with Crippen molar-refractivity contribution in [3.05, 3.63) is 35.4 Å². The molecule has 6 heteroatoms. The summed E-state index contributed by atoms with van der Waals surface area (Å²) >= 11 is 0. The van der Waals surface area contributed by atoms with Crippen LogP contribution in [-0.4, -0.2) is 30.4 Å². The molecule has 1 aliphatic heterocycles. The molecule has 3 nitrogen and oxygen atoms in total. The maximum Gasteiger partial charge on any atom is 0.416 e. The van der Waals surface area contributed by atoms with Crippen molar-refractivity contribution in [2.75, 3.05) is 19.7 Å². The Balaban J connectivity index is 1.84. The zero-order chi connectivity index (χ0) is 15.5. The summed E-state index contributed by atoms with van der Waals surface area (Å²) in [5, 5.41) is 13.1. The quantitative estimate of drug-likeness (QED) is 0.879. The van der Waals surface area contributed by atoms with Crippen molar-refractivity contribution < 1.29 is 23.0 Å². The van der Waals surface area contributed by atoms with Crippen LogP contribution in [0.4, 0.5) is 13.2 Å². The molecule has 0 spiro atoms. The third-order valence-corrected chi connectivity index (χ3v) is 3.76. The zero-order valence-corrected chi connectivity index (χ0v) is 11.9. The van der Waals surface area contributed by atoms with Crippen LogP contribution in [-0.2, 0) is 10.9 Å². The van der Waals surface area contributed by atoms with Crippen LogP contribution in [0.1, 0.15) is 37.0 Å². The van der Waals surface area contributed by atoms with Gasteiger partial charge in [-0.1, -0.05) is 12.1 Å². The van der Waals surface area contributed by atoms with E-state index in [4.69, 9.17) is 4.74 Å². The van der Waals surface area contributed by atoms with E-state index >= 15 is 0 Å². The Kier molecular flexibility index (Phi) is 4.91. The Morgan fingerprint density at radius 1 is 1.33 bits per heavy atom. The number of ether oxygens (including phenoxy) is 1. The van der Waals surface area contributed by atoms with E-state index in [-0.39, 0.29) is 12.1 Å². The van der Waals surface area contributed by atoms with E-state index < -0.39 is 17.8 Å². The van der Waals surface area contributed by atoms with E-state index in [0.29, 0.717) is 12.1 Å². The number of aliphatic hydroxyl groups is 1. The topological polar surface area (TPSA) is 41.5 Å². The van der Waals surface area contributed by atoms with Crippen molar-refractivity contribution in [1.82, 2.24) is 5.32 Å². The molecule has 0 aliphatic carbocycles. The van der Waals surface area contributed by atoms with Gasteiger partial charge in [0.15, 0.2) is 0 Å². The third kappa shape index (κ3) is 4.43. The highest BCUT2D eigenvalue weighted by molar-refractivity contribution is 5.26. The summed E-state index contributed by atoms with van der Waals surface area (Å²) in [4.78, 5) is 0. The Morgan fingerprint density at radius 3 is 2.52 bits per heavy atom. The molecule has 1 fully saturated rings. The molecule has 2 N–H and O–H groups in total. The molecule has 1 aliphatic rings. The van der Waals surface area contributed by atoms with Gasteiger partial charge in [0.2, 0.25) is 0 Å². The predicted octanol–water partition coefficient (Wildman–Crippen LogP) is 2.90. The molecular weight excluding hydrogens is 283 g/mol. The highest BCUT2D eigenvalue weighted by atomic mass is 19.4. The highest BCUT2D eigenvalue weighted by Gasteiger charge is 2.31. The number of hydrogen-bond donors (Lipinski definition) is 2. The largest absolute Gasteiger partial charge is 0.416 e. The second-order valence-corrected chi connectivity index (χ2v) is 5.67. The number of nitrogens with one attached hydrogen (secondary N) is 1. The molecule has 2 atom stereocenters. The molecule has 21 heavy (non-hydrogen) atoms. The number of halogens is 3. The lowest BCUT2D eigenvalue weighted by atomic mass is 10.0. The van der Waals surface area contributed by atoms with Gasteiger partial charge in [-0.05, 0) is 37.5 Å². The van der Waals surface area contributed by atoms with Crippen LogP contribution >= 0.6 is 0 Å². The Morgan fingerprint density at radius 2 is 2.00 bits per heavy atom. The van der Waals surface area contributed by atoms with E-state index in [1.165, 1.54) is 12.1 Å². The second kappa shape index (κ2) is 6.34. The molecule has 1 heterocycles. The van der Waals surface area contributed by atoms with Gasteiger partial charge in [0.1, 0.15) is 0 Å². The first kappa shape index (κ1) is 16.3. The van der Waals surface area contributed by atoms with Crippen LogP contribution in [0.15, 0.2) is 24.3 Å². The average molecular weight is 303 g/mol. The molecular formula is C15H20F3NO2. The van der Waals surface area contributed by atoms with Crippen LogP contribution in [0.3, 0.4) is 0 Å². The number of benzene rings is 1. The number of hydrogen-bond acceptors (Lipinski definition) is 3. The maximum atomic E-state index is 12.4. The zero-order valence-electron chi connectivity index (χ0n) is 11.9. The van der Waals surface area contributed by atoms with E-state index in [9.17, 15) is 18.3 Å². The molecule has 0 bridgehead atoms. The second-order valence-electron chi connectivity index (χ2n) is 5.67. The summed E-state index contributed by atoms with van der Waals surface area (Å²) in [6.45, 7) is 3.66. The van der Waals surface area contributed by atoms with E-state index in [1.807, 2.05) is 6.92 Å². The molecule has 1 saturated heterocycles. The first-order valence-electron chi connectivity index (χ1n) is 7.00. The van der Waals surface area contributed by atoms with Gasteiger partial charge >= 0.3 is 6.18 Å². The maximum absolute atomic E-state index is 12.4. The van der Waals surface area contributed by atoms with Crippen molar-refractivity contribution in [2.24, 2.45) is 0 Å². The summed E-state index contributed by atoms with van der Waals surface area (Å²) in [6.07, 6.45) is -3.19. The monoisotopic (exact) mass is 303 g/mol. The van der Waals surface area contributed by atoms with E-state index in [1.54, 1.807) is 0 Å². The van der Waals surface area contributed by atoms with Crippen molar-refractivity contribution >= 4 is 0 Å². The van der Waals surface area contributed by atoms with Crippen LogP contribution in [0.2, 0.25) is 0 Å². The standard InChI is InChI=1S/C15H20F3NO2/c1-14(7-2-8-21-14)10-19-9-13(20)11-3-5-12(6-4-11)15(16,17)18/h3-6,13,19-20H,2,7-10H2,1H3. The van der Waals surface area contributed by atoms with E-state index in [0.717, 1.165) is 31.6 Å². The van der Waals surface area contributed by atoms with Crippen molar-refractivity contribution in [3.63, 3.8) is 0 Å². The lowest BCUT2D eigenvalue weighted by Gasteiger charge is -2.24. The predicted molar refractivity (Wildman–Crippen MR) is 72.9 cm³/mol. The molecule has 0 saturated carbocycles. The minimum atomic E-state index is -4.35. The van der Waals surface area contributed by atoms with Crippen molar-refractivity contribution in [3.8, 4) is 0 Å². The minimum absolute atomic E-state index is 0.208. The lowest BCUT2D eigenvalue weighted by Crippen LogP contribution is -2.38. The smallest absolute Gasteiger partial charge is 0.387 e. The fraction of sp³-hybridized carbons (Fsp3) is 0.600. The Hall–Kier alpha value is -1.11. The molecule has 0 aromatic heterocycles. The van der Waals surface area contributed by atoms with Crippen LogP contribution in [0, 0.1) is 0 Å². The molecule has 0 radical (unpaired) electrons. The fourth-order valence-electron chi connectivity index (χ4n) is 2.46. The minimum Gasteiger partial charge on any atom is -0.387 e. The summed E-state index contributed by atoms with van der Waals surface area (Å²) in [5.74, 6) is 0. The van der Waals surface area contributed by atoms with Gasteiger partial charge in [-0.25, -0.2) is 0 Å². The molecule has 2 unspecified atom stereocenters. The van der Waals surface area contributed by atoms with Gasteiger partial charge in [-0.15, -0.1) is 0 Å². The first-order chi connectivity index (χ1) is 9.80. The SMILES string of the molecule is CC1(CNCC(O)c2ccc(C(F)(F)F)cc2)CCCO1.